The summed E-state index contributed by atoms with van der Waals surface area (Å²) in [6.07, 6.45) is 3.95. The van der Waals surface area contributed by atoms with E-state index in [-0.39, 0.29) is 0 Å². The number of benzene rings is 2. The number of halogens is 1. The molecule has 0 heterocycles. The van der Waals surface area contributed by atoms with E-state index in [1.54, 1.807) is 0 Å². The largest absolute Gasteiger partial charge is 0.500 e. The van der Waals surface area contributed by atoms with Gasteiger partial charge in [-0.1, -0.05) is 78.3 Å². The average molecular weight is 359 g/mol. The highest BCUT2D eigenvalue weighted by molar-refractivity contribution is 9.09. The standard InChI is InChI=1S/C20H23BrO/c1-3-16-9-5-7-11-18(16)20(15-22-14-13-21)19-12-8-6-10-17(19)4-2/h5-12,15H,3-4,13-14H2,1-2H3. The van der Waals surface area contributed by atoms with E-state index in [0.29, 0.717) is 6.61 Å². The van der Waals surface area contributed by atoms with Gasteiger partial charge in [-0.05, 0) is 35.1 Å². The molecule has 0 saturated carbocycles. The molecule has 0 unspecified atom stereocenters. The molecular formula is C20H23BrO. The molecule has 0 aliphatic heterocycles. The van der Waals surface area contributed by atoms with Crippen molar-refractivity contribution >= 4 is 21.5 Å². The molecule has 0 aromatic heterocycles. The minimum absolute atomic E-state index is 0.673. The Morgan fingerprint density at radius 2 is 1.41 bits per heavy atom. The lowest BCUT2D eigenvalue weighted by atomic mass is 9.90. The van der Waals surface area contributed by atoms with Crippen LogP contribution in [0, 0.1) is 0 Å². The number of alkyl halides is 1. The van der Waals surface area contributed by atoms with Crippen molar-refractivity contribution in [2.45, 2.75) is 26.7 Å². The van der Waals surface area contributed by atoms with Gasteiger partial charge in [0, 0.05) is 10.9 Å². The summed E-state index contributed by atoms with van der Waals surface area (Å²) in [5, 5.41) is 0.835. The highest BCUT2D eigenvalue weighted by atomic mass is 79.9. The molecule has 0 spiro atoms. The van der Waals surface area contributed by atoms with Gasteiger partial charge in [0.25, 0.3) is 0 Å². The summed E-state index contributed by atoms with van der Waals surface area (Å²) >= 11 is 3.41. The monoisotopic (exact) mass is 358 g/mol. The second kappa shape index (κ2) is 8.79. The predicted molar refractivity (Wildman–Crippen MR) is 98.5 cm³/mol. The average Bonchev–Trinajstić information content (AvgIpc) is 2.59. The quantitative estimate of drug-likeness (QED) is 0.355. The van der Waals surface area contributed by atoms with Crippen LogP contribution in [0.3, 0.4) is 0 Å². The van der Waals surface area contributed by atoms with E-state index in [1.165, 1.54) is 27.8 Å². The highest BCUT2D eigenvalue weighted by Gasteiger charge is 2.12. The highest BCUT2D eigenvalue weighted by Crippen LogP contribution is 2.29. The normalized spacial score (nSPS) is 10.3. The van der Waals surface area contributed by atoms with Crippen molar-refractivity contribution < 1.29 is 4.74 Å². The maximum absolute atomic E-state index is 5.74. The third-order valence-corrected chi connectivity index (χ3v) is 4.10. The lowest BCUT2D eigenvalue weighted by molar-refractivity contribution is 0.275. The summed E-state index contributed by atoms with van der Waals surface area (Å²) in [5.74, 6) is 0. The third-order valence-electron chi connectivity index (χ3n) is 3.77. The molecule has 0 aliphatic carbocycles. The van der Waals surface area contributed by atoms with Crippen molar-refractivity contribution in [3.8, 4) is 0 Å². The second-order valence-electron chi connectivity index (χ2n) is 5.11. The summed E-state index contributed by atoms with van der Waals surface area (Å²) in [4.78, 5) is 0. The first-order valence-corrected chi connectivity index (χ1v) is 8.98. The zero-order chi connectivity index (χ0) is 15.8. The van der Waals surface area contributed by atoms with Gasteiger partial charge in [-0.3, -0.25) is 0 Å². The van der Waals surface area contributed by atoms with Crippen LogP contribution < -0.4 is 0 Å². The van der Waals surface area contributed by atoms with Crippen molar-refractivity contribution in [2.24, 2.45) is 0 Å². The first-order valence-electron chi connectivity index (χ1n) is 7.86. The maximum Gasteiger partial charge on any atom is 0.0970 e. The number of hydrogen-bond acceptors (Lipinski definition) is 1. The Hall–Kier alpha value is -1.54. The summed E-state index contributed by atoms with van der Waals surface area (Å²) in [7, 11) is 0. The number of rotatable bonds is 7. The molecule has 0 radical (unpaired) electrons. The minimum atomic E-state index is 0.673. The predicted octanol–water partition coefficient (Wildman–Crippen LogP) is 5.61. The van der Waals surface area contributed by atoms with Crippen molar-refractivity contribution in [3.05, 3.63) is 77.0 Å². The van der Waals surface area contributed by atoms with Crippen molar-refractivity contribution in [1.82, 2.24) is 0 Å². The maximum atomic E-state index is 5.74. The zero-order valence-corrected chi connectivity index (χ0v) is 14.9. The molecule has 0 bridgehead atoms. The fourth-order valence-corrected chi connectivity index (χ4v) is 2.83. The Morgan fingerprint density at radius 3 is 1.86 bits per heavy atom. The topological polar surface area (TPSA) is 9.23 Å². The Kier molecular flexibility index (Phi) is 6.73. The van der Waals surface area contributed by atoms with E-state index in [1.807, 2.05) is 6.26 Å². The molecule has 2 aromatic rings. The fraction of sp³-hybridized carbons (Fsp3) is 0.300. The van der Waals surface area contributed by atoms with Gasteiger partial charge in [0.15, 0.2) is 0 Å². The smallest absolute Gasteiger partial charge is 0.0970 e. The lowest BCUT2D eigenvalue weighted by Gasteiger charge is -2.16. The van der Waals surface area contributed by atoms with Crippen LogP contribution in [0.5, 0.6) is 0 Å². The molecule has 2 rings (SSSR count). The van der Waals surface area contributed by atoms with Crippen molar-refractivity contribution in [3.63, 3.8) is 0 Å². The molecule has 0 aliphatic rings. The van der Waals surface area contributed by atoms with Crippen molar-refractivity contribution in [1.29, 1.82) is 0 Å². The molecule has 1 nitrogen and oxygen atoms in total. The fourth-order valence-electron chi connectivity index (χ4n) is 2.64. The molecule has 116 valence electrons. The van der Waals surface area contributed by atoms with Gasteiger partial charge >= 0.3 is 0 Å². The second-order valence-corrected chi connectivity index (χ2v) is 5.91. The molecule has 0 atom stereocenters. The third kappa shape index (κ3) is 4.01. The van der Waals surface area contributed by atoms with E-state index in [9.17, 15) is 0 Å². The van der Waals surface area contributed by atoms with Crippen molar-refractivity contribution in [2.75, 3.05) is 11.9 Å². The van der Waals surface area contributed by atoms with E-state index in [4.69, 9.17) is 4.74 Å². The Bertz CT molecular complexity index is 582. The zero-order valence-electron chi connectivity index (χ0n) is 13.3. The van der Waals surface area contributed by atoms with Crippen LogP contribution in [0.2, 0.25) is 0 Å². The van der Waals surface area contributed by atoms with E-state index in [0.717, 1.165) is 18.2 Å². The summed E-state index contributed by atoms with van der Waals surface area (Å²) < 4.78 is 5.74. The summed E-state index contributed by atoms with van der Waals surface area (Å²) in [6, 6.07) is 17.2. The van der Waals surface area contributed by atoms with E-state index < -0.39 is 0 Å². The molecule has 0 saturated heterocycles. The van der Waals surface area contributed by atoms with Crippen LogP contribution in [0.1, 0.15) is 36.1 Å². The van der Waals surface area contributed by atoms with Crippen LogP contribution in [-0.4, -0.2) is 11.9 Å². The van der Waals surface area contributed by atoms with Crippen LogP contribution in [0.15, 0.2) is 54.8 Å². The van der Waals surface area contributed by atoms with Crippen LogP contribution in [0.25, 0.3) is 5.57 Å². The van der Waals surface area contributed by atoms with Crippen LogP contribution in [0.4, 0.5) is 0 Å². The Balaban J connectivity index is 2.54. The van der Waals surface area contributed by atoms with E-state index >= 15 is 0 Å². The Labute approximate surface area is 142 Å². The minimum Gasteiger partial charge on any atom is -0.500 e. The van der Waals surface area contributed by atoms with Crippen LogP contribution in [-0.2, 0) is 17.6 Å². The Morgan fingerprint density at radius 1 is 0.909 bits per heavy atom. The molecule has 0 N–H and O–H groups in total. The molecular weight excluding hydrogens is 336 g/mol. The first-order chi connectivity index (χ1) is 10.8. The number of hydrogen-bond donors (Lipinski definition) is 0. The number of ether oxygens (including phenoxy) is 1. The van der Waals surface area contributed by atoms with Gasteiger partial charge in [-0.15, -0.1) is 0 Å². The lowest BCUT2D eigenvalue weighted by Crippen LogP contribution is -1.99. The van der Waals surface area contributed by atoms with Gasteiger partial charge in [0.2, 0.25) is 0 Å². The molecule has 2 aromatic carbocycles. The molecule has 0 fully saturated rings. The molecule has 0 amide bonds. The summed E-state index contributed by atoms with van der Waals surface area (Å²) in [5.41, 5.74) is 6.40. The SMILES string of the molecule is CCc1ccccc1C(=COCCBr)c1ccccc1CC. The number of aryl methyl sites for hydroxylation is 2. The van der Waals surface area contributed by atoms with Gasteiger partial charge < -0.3 is 4.74 Å². The van der Waals surface area contributed by atoms with Gasteiger partial charge in [-0.2, -0.15) is 0 Å². The summed E-state index contributed by atoms with van der Waals surface area (Å²) in [6.45, 7) is 5.06. The van der Waals surface area contributed by atoms with Gasteiger partial charge in [-0.25, -0.2) is 0 Å². The van der Waals surface area contributed by atoms with Gasteiger partial charge in [0.05, 0.1) is 12.9 Å². The van der Waals surface area contributed by atoms with Gasteiger partial charge in [0.1, 0.15) is 0 Å². The molecule has 22 heavy (non-hydrogen) atoms. The van der Waals surface area contributed by atoms with E-state index in [2.05, 4.69) is 78.3 Å². The molecule has 2 heteroatoms. The first kappa shape index (κ1) is 16.8. The van der Waals surface area contributed by atoms with Crippen LogP contribution >= 0.6 is 15.9 Å².